The van der Waals surface area contributed by atoms with Crippen LogP contribution >= 0.6 is 0 Å². The number of nitrogens with zero attached hydrogens (tertiary/aromatic N) is 6. The summed E-state index contributed by atoms with van der Waals surface area (Å²) in [5.74, 6) is -1.13. The van der Waals surface area contributed by atoms with Crippen LogP contribution in [0.5, 0.6) is 0 Å². The SMILES string of the molecule is CC1=NN(c2ccccc2)C(=O)C1=NNc1ccc(-c2ccc(NN=C3C(=O)N(c4ccccc4)N=C3C)cc2S(=O)(=O)[O-])c(S(=O)(=O)[O-])c1. The molecular weight excluding hydrogens is 689 g/mol. The molecule has 0 aliphatic carbocycles. The van der Waals surface area contributed by atoms with Gasteiger partial charge in [-0.1, -0.05) is 48.5 Å². The van der Waals surface area contributed by atoms with Crippen molar-refractivity contribution in [3.05, 3.63) is 97.1 Å². The van der Waals surface area contributed by atoms with E-state index in [9.17, 15) is 35.5 Å². The Morgan fingerprint density at radius 3 is 1.28 bits per heavy atom. The Morgan fingerprint density at radius 2 is 0.940 bits per heavy atom. The van der Waals surface area contributed by atoms with E-state index in [4.69, 9.17) is 0 Å². The summed E-state index contributed by atoms with van der Waals surface area (Å²) in [7, 11) is -10.5. The van der Waals surface area contributed by atoms with Crippen LogP contribution in [0.3, 0.4) is 0 Å². The van der Waals surface area contributed by atoms with Gasteiger partial charge in [-0.15, -0.1) is 0 Å². The maximum atomic E-state index is 13.0. The Hall–Kier alpha value is -6.08. The molecule has 4 aromatic rings. The summed E-state index contributed by atoms with van der Waals surface area (Å²) in [5.41, 5.74) is 5.57. The Kier molecular flexibility index (Phi) is 8.85. The fourth-order valence-electron chi connectivity index (χ4n) is 5.02. The first-order chi connectivity index (χ1) is 23.7. The molecule has 6 rings (SSSR count). The number of hydrogen-bond donors (Lipinski definition) is 2. The monoisotopic (exact) mass is 712 g/mol. The van der Waals surface area contributed by atoms with Gasteiger partial charge in [-0.05, 0) is 62.4 Å². The molecule has 2 aliphatic heterocycles. The van der Waals surface area contributed by atoms with Gasteiger partial charge in [0.1, 0.15) is 20.2 Å². The summed E-state index contributed by atoms with van der Waals surface area (Å²) < 4.78 is 74.4. The van der Waals surface area contributed by atoms with Gasteiger partial charge in [-0.25, -0.2) is 16.8 Å². The van der Waals surface area contributed by atoms with Gasteiger partial charge in [0.25, 0.3) is 0 Å². The second-order valence-corrected chi connectivity index (χ2v) is 13.4. The molecule has 16 nitrogen and oxygen atoms in total. The van der Waals surface area contributed by atoms with Crippen molar-refractivity contribution in [2.45, 2.75) is 23.6 Å². The molecule has 0 radical (unpaired) electrons. The van der Waals surface area contributed by atoms with E-state index >= 15 is 0 Å². The largest absolute Gasteiger partial charge is 0.744 e. The molecule has 0 saturated carbocycles. The minimum absolute atomic E-state index is 0.0436. The third-order valence-electron chi connectivity index (χ3n) is 7.36. The van der Waals surface area contributed by atoms with E-state index in [2.05, 4.69) is 31.3 Å². The topological polar surface area (TPSA) is 229 Å². The first-order valence-corrected chi connectivity index (χ1v) is 17.3. The average molecular weight is 713 g/mol. The molecule has 2 amide bonds. The zero-order valence-corrected chi connectivity index (χ0v) is 27.6. The van der Waals surface area contributed by atoms with E-state index in [1.54, 1.807) is 74.5 Å². The van der Waals surface area contributed by atoms with Gasteiger partial charge in [-0.3, -0.25) is 20.4 Å². The molecule has 2 aliphatic rings. The van der Waals surface area contributed by atoms with Crippen LogP contribution < -0.4 is 20.9 Å². The number of carbonyl (C=O) groups is 2. The Balaban J connectivity index is 1.29. The highest BCUT2D eigenvalue weighted by molar-refractivity contribution is 7.86. The molecule has 0 aromatic heterocycles. The van der Waals surface area contributed by atoms with Crippen LogP contribution in [0.2, 0.25) is 0 Å². The average Bonchev–Trinajstić information content (AvgIpc) is 3.54. The van der Waals surface area contributed by atoms with Gasteiger partial charge in [-0.2, -0.15) is 30.4 Å². The van der Waals surface area contributed by atoms with Crippen molar-refractivity contribution in [3.63, 3.8) is 0 Å². The summed E-state index contributed by atoms with van der Waals surface area (Å²) in [4.78, 5) is 24.2. The molecule has 0 spiro atoms. The number of anilines is 4. The Morgan fingerprint density at radius 1 is 0.580 bits per heavy atom. The van der Waals surface area contributed by atoms with Gasteiger partial charge in [0.15, 0.2) is 11.4 Å². The van der Waals surface area contributed by atoms with Gasteiger partial charge in [0.05, 0.1) is 44.0 Å². The Bertz CT molecular complexity index is 2230. The van der Waals surface area contributed by atoms with Crippen LogP contribution in [0.15, 0.2) is 127 Å². The van der Waals surface area contributed by atoms with E-state index in [-0.39, 0.29) is 45.3 Å². The van der Waals surface area contributed by atoms with Crippen LogP contribution in [0.4, 0.5) is 22.7 Å². The number of hydrazone groups is 4. The number of rotatable bonds is 9. The summed E-state index contributed by atoms with van der Waals surface area (Å²) in [6.45, 7) is 3.10. The van der Waals surface area contributed by atoms with E-state index in [1.165, 1.54) is 12.1 Å². The molecule has 0 fully saturated rings. The second-order valence-electron chi connectivity index (χ2n) is 10.8. The zero-order valence-electron chi connectivity index (χ0n) is 26.0. The maximum absolute atomic E-state index is 13.0. The summed E-state index contributed by atoms with van der Waals surface area (Å²) in [6.07, 6.45) is 0. The highest BCUT2D eigenvalue weighted by Crippen LogP contribution is 2.36. The van der Waals surface area contributed by atoms with Crippen LogP contribution in [0.25, 0.3) is 11.1 Å². The number of nitrogens with one attached hydrogen (secondary N) is 2. The number of carbonyl (C=O) groups excluding carboxylic acids is 2. The molecule has 254 valence electrons. The molecule has 18 heteroatoms. The predicted molar refractivity (Wildman–Crippen MR) is 184 cm³/mol. The van der Waals surface area contributed by atoms with E-state index < -0.39 is 41.8 Å². The summed E-state index contributed by atoms with van der Waals surface area (Å²) >= 11 is 0. The lowest BCUT2D eigenvalue weighted by Gasteiger charge is -2.19. The van der Waals surface area contributed by atoms with Gasteiger partial charge < -0.3 is 9.11 Å². The standard InChI is InChI=1S/C32H26N8O8S2/c1-19-29(31(41)39(37-19)23-9-5-3-6-10-23)35-33-21-13-15-25(27(17-21)49(43,44)45)26-16-14-22(18-28(26)50(46,47)48)34-36-30-20(2)38-40(32(30)42)24-11-7-4-8-12-24/h3-18,33-34H,1-2H3,(H,43,44,45)(H,46,47,48)/p-2. The minimum Gasteiger partial charge on any atom is -0.744 e. The fraction of sp³-hybridized carbons (Fsp3) is 0.0625. The third kappa shape index (κ3) is 6.76. The third-order valence-corrected chi connectivity index (χ3v) is 9.12. The lowest BCUT2D eigenvalue weighted by Crippen LogP contribution is -2.27. The first kappa shape index (κ1) is 33.8. The van der Waals surface area contributed by atoms with Crippen LogP contribution in [-0.2, 0) is 29.8 Å². The van der Waals surface area contributed by atoms with Crippen molar-refractivity contribution in [3.8, 4) is 11.1 Å². The molecular formula is C32H24N8O8S2-2. The van der Waals surface area contributed by atoms with E-state index in [1.807, 2.05) is 0 Å². The molecule has 2 N–H and O–H groups in total. The number of hydrogen-bond acceptors (Lipinski definition) is 14. The number of para-hydroxylation sites is 2. The highest BCUT2D eigenvalue weighted by Gasteiger charge is 2.32. The minimum atomic E-state index is -5.27. The summed E-state index contributed by atoms with van der Waals surface area (Å²) in [5, 5.41) is 18.8. The van der Waals surface area contributed by atoms with Crippen LogP contribution in [0.1, 0.15) is 13.8 Å². The van der Waals surface area contributed by atoms with Crippen molar-refractivity contribution in [2.24, 2.45) is 20.4 Å². The van der Waals surface area contributed by atoms with Gasteiger partial charge in [0, 0.05) is 11.1 Å². The lowest BCUT2D eigenvalue weighted by atomic mass is 10.0. The molecule has 0 unspecified atom stereocenters. The van der Waals surface area contributed by atoms with E-state index in [0.29, 0.717) is 11.4 Å². The fourth-order valence-corrected chi connectivity index (χ4v) is 6.46. The molecule has 0 saturated heterocycles. The van der Waals surface area contributed by atoms with Crippen LogP contribution in [-0.4, -0.2) is 60.6 Å². The van der Waals surface area contributed by atoms with Crippen LogP contribution in [0, 0.1) is 0 Å². The molecule has 0 bridgehead atoms. The van der Waals surface area contributed by atoms with Crippen molar-refractivity contribution in [1.29, 1.82) is 0 Å². The first-order valence-electron chi connectivity index (χ1n) is 14.5. The number of benzene rings is 4. The maximum Gasteiger partial charge on any atom is 0.301 e. The smallest absolute Gasteiger partial charge is 0.301 e. The second kappa shape index (κ2) is 13.1. The van der Waals surface area contributed by atoms with Gasteiger partial charge >= 0.3 is 11.8 Å². The van der Waals surface area contributed by atoms with Crippen molar-refractivity contribution < 1.29 is 35.5 Å². The van der Waals surface area contributed by atoms with E-state index in [0.717, 1.165) is 34.3 Å². The zero-order chi connectivity index (χ0) is 35.8. The molecule has 50 heavy (non-hydrogen) atoms. The normalized spacial score (nSPS) is 16.6. The molecule has 0 atom stereocenters. The molecule has 2 heterocycles. The summed E-state index contributed by atoms with van der Waals surface area (Å²) in [6, 6.07) is 23.7. The highest BCUT2D eigenvalue weighted by atomic mass is 32.2. The molecule has 4 aromatic carbocycles. The van der Waals surface area contributed by atoms with Crippen molar-refractivity contribution in [1.82, 2.24) is 0 Å². The number of amides is 2. The van der Waals surface area contributed by atoms with Crippen molar-refractivity contribution in [2.75, 3.05) is 20.9 Å². The predicted octanol–water partition coefficient (Wildman–Crippen LogP) is 3.54. The quantitative estimate of drug-likeness (QED) is 0.189. The van der Waals surface area contributed by atoms with Crippen molar-refractivity contribution >= 4 is 77.6 Å². The van der Waals surface area contributed by atoms with Gasteiger partial charge in [0.2, 0.25) is 0 Å². The Labute approximate surface area is 285 Å². The lowest BCUT2D eigenvalue weighted by molar-refractivity contribution is -0.112.